The van der Waals surface area contributed by atoms with E-state index in [9.17, 15) is 30.7 Å². The third-order valence-corrected chi connectivity index (χ3v) is 4.85. The van der Waals surface area contributed by atoms with Crippen LogP contribution in [0.1, 0.15) is 29.2 Å². The number of nitrogens with zero attached hydrogens (tertiary/aromatic N) is 1. The van der Waals surface area contributed by atoms with Gasteiger partial charge in [0.05, 0.1) is 30.9 Å². The van der Waals surface area contributed by atoms with Crippen molar-refractivity contribution in [1.29, 1.82) is 0 Å². The number of benzene rings is 2. The van der Waals surface area contributed by atoms with Crippen LogP contribution in [0.4, 0.5) is 30.7 Å². The van der Waals surface area contributed by atoms with Gasteiger partial charge >= 0.3 is 12.4 Å². The zero-order chi connectivity index (χ0) is 22.2. The molecule has 0 spiro atoms. The summed E-state index contributed by atoms with van der Waals surface area (Å²) in [6.07, 6.45) is -10.0. The van der Waals surface area contributed by atoms with Gasteiger partial charge < -0.3 is 4.74 Å². The Bertz CT molecular complexity index is 846. The first-order chi connectivity index (χ1) is 14.0. The summed E-state index contributed by atoms with van der Waals surface area (Å²) < 4.78 is 99.6. The maximum Gasteiger partial charge on any atom is 0.416 e. The molecule has 0 radical (unpaired) electrons. The molecule has 1 aliphatic heterocycles. The van der Waals surface area contributed by atoms with Crippen LogP contribution >= 0.6 is 0 Å². The molecule has 1 saturated heterocycles. The Balaban J connectivity index is 2.32. The van der Waals surface area contributed by atoms with Gasteiger partial charge in [0.15, 0.2) is 0 Å². The number of hydroxylamine groups is 2. The summed E-state index contributed by atoms with van der Waals surface area (Å²) in [7, 11) is 0. The second-order valence-corrected chi connectivity index (χ2v) is 6.73. The largest absolute Gasteiger partial charge is 0.416 e. The van der Waals surface area contributed by atoms with E-state index in [1.165, 1.54) is 17.2 Å². The molecule has 1 fully saturated rings. The highest BCUT2D eigenvalue weighted by Crippen LogP contribution is 2.44. The minimum Gasteiger partial charge on any atom is -0.377 e. The van der Waals surface area contributed by atoms with Gasteiger partial charge in [-0.05, 0) is 48.4 Å². The van der Waals surface area contributed by atoms with E-state index >= 15 is 0 Å². The van der Waals surface area contributed by atoms with Gasteiger partial charge in [0.1, 0.15) is 11.4 Å². The van der Waals surface area contributed by atoms with Crippen LogP contribution in [0.15, 0.2) is 42.5 Å². The summed E-state index contributed by atoms with van der Waals surface area (Å²) in [4.78, 5) is 5.59. The van der Waals surface area contributed by atoms with E-state index in [1.807, 2.05) is 0 Å². The van der Waals surface area contributed by atoms with Crippen LogP contribution in [0.2, 0.25) is 0 Å². The molecule has 1 aliphatic rings. The van der Waals surface area contributed by atoms with Crippen molar-refractivity contribution in [3.63, 3.8) is 0 Å². The molecule has 0 saturated carbocycles. The van der Waals surface area contributed by atoms with Gasteiger partial charge in [-0.15, -0.1) is 0 Å². The Hall–Kier alpha value is -2.17. The zero-order valence-corrected chi connectivity index (χ0v) is 15.8. The van der Waals surface area contributed by atoms with Crippen LogP contribution in [-0.2, 0) is 27.5 Å². The predicted molar refractivity (Wildman–Crippen MR) is 92.8 cm³/mol. The Labute approximate surface area is 168 Å². The average Bonchev–Trinajstić information content (AvgIpc) is 2.68. The normalized spacial score (nSPS) is 21.1. The van der Waals surface area contributed by atoms with Gasteiger partial charge in [-0.3, -0.25) is 4.84 Å². The van der Waals surface area contributed by atoms with Crippen LogP contribution < -0.4 is 0 Å². The minimum absolute atomic E-state index is 0.0660. The highest BCUT2D eigenvalue weighted by Gasteiger charge is 2.47. The fraction of sp³-hybridized carbons (Fsp3) is 0.400. The number of ether oxygens (including phenoxy) is 1. The van der Waals surface area contributed by atoms with Crippen molar-refractivity contribution in [1.82, 2.24) is 5.06 Å². The summed E-state index contributed by atoms with van der Waals surface area (Å²) in [6, 6.07) is 6.12. The van der Waals surface area contributed by atoms with E-state index in [-0.39, 0.29) is 43.6 Å². The summed E-state index contributed by atoms with van der Waals surface area (Å²) in [6.45, 7) is 1.72. The molecule has 0 aliphatic carbocycles. The number of halogens is 7. The SMILES string of the molecule is CCON1CCOC[C@]1(c1ccc(F)cc1)c1cc(C(F)(F)F)cc(C(F)(F)F)c1. The lowest BCUT2D eigenvalue weighted by Crippen LogP contribution is -2.55. The number of hydrogen-bond donors (Lipinski definition) is 0. The summed E-state index contributed by atoms with van der Waals surface area (Å²) >= 11 is 0. The first kappa shape index (κ1) is 22.5. The van der Waals surface area contributed by atoms with E-state index in [2.05, 4.69) is 0 Å². The van der Waals surface area contributed by atoms with Crippen LogP contribution in [0.25, 0.3) is 0 Å². The Kier molecular flexibility index (Phi) is 6.13. The van der Waals surface area contributed by atoms with Crippen LogP contribution in [-0.4, -0.2) is 31.4 Å². The highest BCUT2D eigenvalue weighted by molar-refractivity contribution is 5.44. The van der Waals surface area contributed by atoms with Gasteiger partial charge in [-0.1, -0.05) is 12.1 Å². The minimum atomic E-state index is -5.01. The van der Waals surface area contributed by atoms with Crippen molar-refractivity contribution >= 4 is 0 Å². The topological polar surface area (TPSA) is 21.7 Å². The molecule has 164 valence electrons. The molecular formula is C20H18F7NO2. The third kappa shape index (κ3) is 4.30. The average molecular weight is 437 g/mol. The van der Waals surface area contributed by atoms with Crippen molar-refractivity contribution in [3.8, 4) is 0 Å². The van der Waals surface area contributed by atoms with Gasteiger partial charge in [-0.2, -0.15) is 31.4 Å². The van der Waals surface area contributed by atoms with Crippen molar-refractivity contribution in [2.75, 3.05) is 26.4 Å². The molecule has 0 amide bonds. The van der Waals surface area contributed by atoms with E-state index in [1.54, 1.807) is 6.92 Å². The highest BCUT2D eigenvalue weighted by atomic mass is 19.4. The second kappa shape index (κ2) is 8.16. The zero-order valence-electron chi connectivity index (χ0n) is 15.8. The van der Waals surface area contributed by atoms with Crippen LogP contribution in [0.3, 0.4) is 0 Å². The predicted octanol–water partition coefficient (Wildman–Crippen LogP) is 5.39. The van der Waals surface area contributed by atoms with Crippen LogP contribution in [0, 0.1) is 5.82 Å². The molecule has 3 rings (SSSR count). The summed E-state index contributed by atoms with van der Waals surface area (Å²) in [5.74, 6) is -0.603. The molecule has 2 aromatic rings. The van der Waals surface area contributed by atoms with Crippen LogP contribution in [0.5, 0.6) is 0 Å². The lowest BCUT2D eigenvalue weighted by molar-refractivity contribution is -0.254. The van der Waals surface area contributed by atoms with Gasteiger partial charge in [0.2, 0.25) is 0 Å². The van der Waals surface area contributed by atoms with Crippen molar-refractivity contribution in [3.05, 3.63) is 70.5 Å². The molecule has 30 heavy (non-hydrogen) atoms. The molecular weight excluding hydrogens is 419 g/mol. The van der Waals surface area contributed by atoms with E-state index in [0.29, 0.717) is 12.1 Å². The molecule has 3 nitrogen and oxygen atoms in total. The van der Waals surface area contributed by atoms with E-state index < -0.39 is 34.8 Å². The van der Waals surface area contributed by atoms with E-state index in [4.69, 9.17) is 9.57 Å². The number of morpholine rings is 1. The third-order valence-electron chi connectivity index (χ3n) is 4.85. The van der Waals surface area contributed by atoms with Crippen molar-refractivity contribution in [2.45, 2.75) is 24.8 Å². The number of alkyl halides is 6. The van der Waals surface area contributed by atoms with E-state index in [0.717, 1.165) is 12.1 Å². The second-order valence-electron chi connectivity index (χ2n) is 6.73. The van der Waals surface area contributed by atoms with Gasteiger partial charge in [0, 0.05) is 6.54 Å². The maximum absolute atomic E-state index is 13.5. The molecule has 10 heteroatoms. The lowest BCUT2D eigenvalue weighted by atomic mass is 9.80. The Morgan fingerprint density at radius 2 is 1.50 bits per heavy atom. The number of rotatable bonds is 4. The van der Waals surface area contributed by atoms with Crippen molar-refractivity contribution < 1.29 is 40.3 Å². The van der Waals surface area contributed by atoms with Gasteiger partial charge in [-0.25, -0.2) is 4.39 Å². The Morgan fingerprint density at radius 3 is 2.00 bits per heavy atom. The smallest absolute Gasteiger partial charge is 0.377 e. The standard InChI is InChI=1S/C20H18F7NO2/c1-2-30-28-7-8-29-12-18(28,13-3-5-17(21)6-4-13)14-9-15(19(22,23)24)11-16(10-14)20(25,26)27/h3-6,9-11H,2,7-8,12H2,1H3/t18-/m0/s1. The monoisotopic (exact) mass is 437 g/mol. The fourth-order valence-electron chi connectivity index (χ4n) is 3.50. The first-order valence-electron chi connectivity index (χ1n) is 9.03. The lowest BCUT2D eigenvalue weighted by Gasteiger charge is -2.46. The van der Waals surface area contributed by atoms with Gasteiger partial charge in [0.25, 0.3) is 0 Å². The summed E-state index contributed by atoms with van der Waals surface area (Å²) in [5.41, 5.74) is -4.61. The maximum atomic E-state index is 13.5. The molecule has 0 N–H and O–H groups in total. The molecule has 0 unspecified atom stereocenters. The number of hydrogen-bond acceptors (Lipinski definition) is 3. The molecule has 0 bridgehead atoms. The molecule has 2 aromatic carbocycles. The summed E-state index contributed by atoms with van der Waals surface area (Å²) in [5, 5.41) is 1.30. The first-order valence-corrected chi connectivity index (χ1v) is 9.03. The quantitative estimate of drug-likeness (QED) is 0.599. The Morgan fingerprint density at radius 1 is 0.933 bits per heavy atom. The fourth-order valence-corrected chi connectivity index (χ4v) is 3.50. The molecule has 0 aromatic heterocycles. The molecule has 1 atom stereocenters. The van der Waals surface area contributed by atoms with Crippen molar-refractivity contribution in [2.24, 2.45) is 0 Å². The molecule has 1 heterocycles.